The molecule has 7 nitrogen and oxygen atoms in total. The Kier molecular flexibility index (Phi) is 7.79. The fourth-order valence-corrected chi connectivity index (χ4v) is 3.03. The molecule has 0 aliphatic rings. The zero-order valence-corrected chi connectivity index (χ0v) is 17.5. The molecule has 1 heterocycles. The number of para-hydroxylation sites is 2. The molecule has 0 unspecified atom stereocenters. The lowest BCUT2D eigenvalue weighted by Crippen LogP contribution is -2.41. The molecule has 1 aromatic heterocycles. The number of anilines is 1. The second kappa shape index (κ2) is 10.6. The zero-order valence-electron chi connectivity index (χ0n) is 17.5. The van der Waals surface area contributed by atoms with E-state index in [4.69, 9.17) is 4.74 Å². The van der Waals surface area contributed by atoms with Gasteiger partial charge in [-0.3, -0.25) is 9.59 Å². The van der Waals surface area contributed by atoms with Crippen LogP contribution in [0.3, 0.4) is 0 Å². The van der Waals surface area contributed by atoms with Crippen molar-refractivity contribution < 1.29 is 41.0 Å². The average molecular weight is 501 g/mol. The first-order valence-electron chi connectivity index (χ1n) is 9.85. The summed E-state index contributed by atoms with van der Waals surface area (Å²) in [5, 5.41) is 15.8. The van der Waals surface area contributed by atoms with Crippen molar-refractivity contribution in [1.82, 2.24) is 9.78 Å². The van der Waals surface area contributed by atoms with Gasteiger partial charge in [-0.05, 0) is 35.9 Å². The summed E-state index contributed by atoms with van der Waals surface area (Å²) < 4.78 is 82.8. The predicted molar refractivity (Wildman–Crippen MR) is 112 cm³/mol. The summed E-state index contributed by atoms with van der Waals surface area (Å²) in [4.78, 5) is 25.5. The quantitative estimate of drug-likeness (QED) is 0.435. The fourth-order valence-electron chi connectivity index (χ4n) is 3.03. The monoisotopic (exact) mass is 501 g/mol. The molecule has 2 N–H and O–H groups in total. The Morgan fingerprint density at radius 3 is 2.23 bits per heavy atom. The zero-order chi connectivity index (χ0) is 25.8. The number of aromatic nitrogens is 2. The standard InChI is InChI=1S/C22H17F6N3O4/c23-17(24)11-35-16-4-2-1-3-15(16)31-19(33)14(9-10-29-31)18(32)30-13-7-5-12(6-8-13)22(34,20(25)26)21(27)28/h1-10,17,20-21,34H,11H2,(H,30,32). The van der Waals surface area contributed by atoms with Gasteiger partial charge in [-0.15, -0.1) is 0 Å². The van der Waals surface area contributed by atoms with Crippen LogP contribution in [0.25, 0.3) is 5.69 Å². The summed E-state index contributed by atoms with van der Waals surface area (Å²) >= 11 is 0. The van der Waals surface area contributed by atoms with E-state index in [1.807, 2.05) is 0 Å². The molecule has 0 spiro atoms. The number of hydrogen-bond acceptors (Lipinski definition) is 5. The normalized spacial score (nSPS) is 11.8. The maximum atomic E-state index is 13.0. The van der Waals surface area contributed by atoms with Crippen molar-refractivity contribution in [3.05, 3.63) is 82.3 Å². The third kappa shape index (κ3) is 5.45. The smallest absolute Gasteiger partial charge is 0.284 e. The fraction of sp³-hybridized carbons (Fsp3) is 0.227. The Morgan fingerprint density at radius 1 is 1.00 bits per heavy atom. The van der Waals surface area contributed by atoms with Crippen molar-refractivity contribution in [2.24, 2.45) is 0 Å². The molecule has 2 aromatic carbocycles. The first-order valence-corrected chi connectivity index (χ1v) is 9.85. The third-order valence-electron chi connectivity index (χ3n) is 4.82. The lowest BCUT2D eigenvalue weighted by Gasteiger charge is -2.26. The number of ether oxygens (including phenoxy) is 1. The molecule has 0 saturated heterocycles. The van der Waals surface area contributed by atoms with E-state index in [1.165, 1.54) is 24.3 Å². The summed E-state index contributed by atoms with van der Waals surface area (Å²) in [6, 6.07) is 10.3. The summed E-state index contributed by atoms with van der Waals surface area (Å²) in [7, 11) is 0. The Morgan fingerprint density at radius 2 is 1.63 bits per heavy atom. The number of aliphatic hydroxyl groups is 1. The molecule has 0 aliphatic carbocycles. The van der Waals surface area contributed by atoms with Crippen molar-refractivity contribution in [2.45, 2.75) is 24.9 Å². The van der Waals surface area contributed by atoms with Crippen LogP contribution in [0.2, 0.25) is 0 Å². The van der Waals surface area contributed by atoms with E-state index in [2.05, 4.69) is 10.4 Å². The van der Waals surface area contributed by atoms with Gasteiger partial charge in [0.15, 0.2) is 0 Å². The highest BCUT2D eigenvalue weighted by atomic mass is 19.3. The maximum Gasteiger partial charge on any atom is 0.284 e. The molecule has 0 bridgehead atoms. The van der Waals surface area contributed by atoms with Gasteiger partial charge < -0.3 is 15.2 Å². The molecule has 0 fully saturated rings. The molecule has 186 valence electrons. The van der Waals surface area contributed by atoms with Gasteiger partial charge in [0.1, 0.15) is 23.6 Å². The highest BCUT2D eigenvalue weighted by molar-refractivity contribution is 6.04. The van der Waals surface area contributed by atoms with E-state index < -0.39 is 54.1 Å². The minimum atomic E-state index is -3.77. The van der Waals surface area contributed by atoms with Crippen molar-refractivity contribution in [3.8, 4) is 11.4 Å². The van der Waals surface area contributed by atoms with Crippen LogP contribution in [0, 0.1) is 0 Å². The lowest BCUT2D eigenvalue weighted by atomic mass is 9.94. The summed E-state index contributed by atoms with van der Waals surface area (Å²) in [6.45, 7) is -0.936. The van der Waals surface area contributed by atoms with Gasteiger partial charge in [-0.25, -0.2) is 26.3 Å². The number of benzene rings is 2. The molecular formula is C22H17F6N3O4. The number of hydrogen-bond donors (Lipinski definition) is 2. The number of amides is 1. The van der Waals surface area contributed by atoms with Gasteiger partial charge in [0.25, 0.3) is 30.7 Å². The molecule has 1 amide bonds. The minimum absolute atomic E-state index is 0.00423. The van der Waals surface area contributed by atoms with Gasteiger partial charge in [0, 0.05) is 11.9 Å². The molecule has 3 rings (SSSR count). The van der Waals surface area contributed by atoms with Crippen LogP contribution in [0.5, 0.6) is 5.75 Å². The highest BCUT2D eigenvalue weighted by Gasteiger charge is 2.48. The average Bonchev–Trinajstić information content (AvgIpc) is 2.82. The van der Waals surface area contributed by atoms with Crippen LogP contribution in [0.15, 0.2) is 65.6 Å². The summed E-state index contributed by atoms with van der Waals surface area (Å²) in [5.41, 5.74) is -5.87. The topological polar surface area (TPSA) is 93.5 Å². The van der Waals surface area contributed by atoms with Crippen LogP contribution in [-0.2, 0) is 5.60 Å². The van der Waals surface area contributed by atoms with E-state index in [-0.39, 0.29) is 17.1 Å². The van der Waals surface area contributed by atoms with E-state index in [0.29, 0.717) is 0 Å². The van der Waals surface area contributed by atoms with Crippen LogP contribution >= 0.6 is 0 Å². The first-order chi connectivity index (χ1) is 16.6. The maximum absolute atomic E-state index is 13.0. The van der Waals surface area contributed by atoms with Gasteiger partial charge in [0.2, 0.25) is 5.60 Å². The first kappa shape index (κ1) is 25.7. The van der Waals surface area contributed by atoms with E-state index in [1.54, 1.807) is 0 Å². The largest absolute Gasteiger partial charge is 0.485 e. The Bertz CT molecular complexity index is 1230. The van der Waals surface area contributed by atoms with Gasteiger partial charge in [0.05, 0.1) is 0 Å². The summed E-state index contributed by atoms with van der Waals surface area (Å²) in [5.74, 6) is -1.04. The van der Waals surface area contributed by atoms with Gasteiger partial charge in [-0.2, -0.15) is 9.78 Å². The van der Waals surface area contributed by atoms with Crippen LogP contribution in [0.1, 0.15) is 15.9 Å². The SMILES string of the molecule is O=C(Nc1ccc(C(O)(C(F)F)C(F)F)cc1)c1ccnn(-c2ccccc2OCC(F)F)c1=O. The van der Waals surface area contributed by atoms with Gasteiger partial charge >= 0.3 is 0 Å². The predicted octanol–water partition coefficient (Wildman–Crippen LogP) is 3.85. The van der Waals surface area contributed by atoms with E-state index in [9.17, 15) is 41.0 Å². The third-order valence-corrected chi connectivity index (χ3v) is 4.82. The molecule has 13 heteroatoms. The molecule has 0 aliphatic heterocycles. The number of rotatable bonds is 9. The Labute approximate surface area is 193 Å². The van der Waals surface area contributed by atoms with Crippen LogP contribution in [0.4, 0.5) is 32.0 Å². The molecule has 35 heavy (non-hydrogen) atoms. The van der Waals surface area contributed by atoms with Crippen molar-refractivity contribution in [2.75, 3.05) is 11.9 Å². The Hall–Kier alpha value is -3.87. The lowest BCUT2D eigenvalue weighted by molar-refractivity contribution is -0.183. The van der Waals surface area contributed by atoms with E-state index >= 15 is 0 Å². The second-order valence-electron chi connectivity index (χ2n) is 7.09. The summed E-state index contributed by atoms with van der Waals surface area (Å²) in [6.07, 6.45) is -9.21. The van der Waals surface area contributed by atoms with Crippen molar-refractivity contribution >= 4 is 11.6 Å². The number of carbonyl (C=O) groups is 1. The number of alkyl halides is 6. The minimum Gasteiger partial charge on any atom is -0.485 e. The van der Waals surface area contributed by atoms with Gasteiger partial charge in [-0.1, -0.05) is 24.3 Å². The van der Waals surface area contributed by atoms with E-state index in [0.717, 1.165) is 41.2 Å². The molecular weight excluding hydrogens is 484 g/mol. The highest BCUT2D eigenvalue weighted by Crippen LogP contribution is 2.35. The second-order valence-corrected chi connectivity index (χ2v) is 7.09. The number of nitrogens with zero attached hydrogens (tertiary/aromatic N) is 2. The van der Waals surface area contributed by atoms with Crippen molar-refractivity contribution in [3.63, 3.8) is 0 Å². The van der Waals surface area contributed by atoms with Crippen LogP contribution in [-0.4, -0.2) is 46.7 Å². The Balaban J connectivity index is 1.87. The molecule has 0 radical (unpaired) electrons. The molecule has 0 saturated carbocycles. The molecule has 3 aromatic rings. The number of carbonyl (C=O) groups excluding carboxylic acids is 1. The number of halogens is 6. The van der Waals surface area contributed by atoms with Crippen LogP contribution < -0.4 is 15.6 Å². The van der Waals surface area contributed by atoms with Crippen molar-refractivity contribution in [1.29, 1.82) is 0 Å². The molecule has 0 atom stereocenters. The number of nitrogens with one attached hydrogen (secondary N) is 1.